The molecule has 0 saturated carbocycles. The Bertz CT molecular complexity index is 1080. The van der Waals surface area contributed by atoms with E-state index in [-0.39, 0.29) is 5.97 Å². The van der Waals surface area contributed by atoms with Crippen LogP contribution in [-0.2, 0) is 22.4 Å². The minimum Gasteiger partial charge on any atom is -0.426 e. The molecule has 0 N–H and O–H groups in total. The summed E-state index contributed by atoms with van der Waals surface area (Å²) in [6.07, 6.45) is 6.82. The number of benzene rings is 2. The van der Waals surface area contributed by atoms with Crippen molar-refractivity contribution >= 4 is 34.3 Å². The number of hydrogen-bond acceptors (Lipinski definition) is 4. The molecule has 1 aliphatic rings. The van der Waals surface area contributed by atoms with Gasteiger partial charge in [-0.1, -0.05) is 29.8 Å². The molecule has 5 heteroatoms. The van der Waals surface area contributed by atoms with Gasteiger partial charge in [0, 0.05) is 39.4 Å². The largest absolute Gasteiger partial charge is 0.426 e. The summed E-state index contributed by atoms with van der Waals surface area (Å²) >= 11 is 6.26. The van der Waals surface area contributed by atoms with Crippen LogP contribution in [0.3, 0.4) is 0 Å². The summed E-state index contributed by atoms with van der Waals surface area (Å²) in [7, 11) is 0. The number of hydrogen-bond donors (Lipinski definition) is 0. The highest BCUT2D eigenvalue weighted by Gasteiger charge is 2.29. The number of rotatable bonds is 6. The molecule has 0 bridgehead atoms. The van der Waals surface area contributed by atoms with Crippen molar-refractivity contribution < 1.29 is 19.1 Å². The first-order valence-corrected chi connectivity index (χ1v) is 11.0. The van der Waals surface area contributed by atoms with Crippen LogP contribution in [0.5, 0.6) is 11.5 Å². The number of carbonyl (C=O) groups excluding carboxylic acids is 2. The standard InChI is InChI=1S/C26H29ClO4/c1-15(2)7-6-8-18-9-11-20-22(13-18)25(31-26(29)16(3)4)21-12-10-19(27)14-23(21)24(20)30-17(5)28/h7,10,12,14,18H,3,6,8-9,11,13H2,1-2,4-5H3. The van der Waals surface area contributed by atoms with Gasteiger partial charge >= 0.3 is 11.9 Å². The molecule has 3 rings (SSSR count). The second-order valence-electron chi connectivity index (χ2n) is 8.54. The zero-order valence-electron chi connectivity index (χ0n) is 18.6. The summed E-state index contributed by atoms with van der Waals surface area (Å²) in [4.78, 5) is 24.3. The molecule has 0 heterocycles. The summed E-state index contributed by atoms with van der Waals surface area (Å²) in [5, 5.41) is 1.90. The second-order valence-corrected chi connectivity index (χ2v) is 8.97. The van der Waals surface area contributed by atoms with E-state index in [4.69, 9.17) is 21.1 Å². The molecule has 0 saturated heterocycles. The van der Waals surface area contributed by atoms with E-state index in [0.29, 0.717) is 38.8 Å². The van der Waals surface area contributed by atoms with Gasteiger partial charge in [-0.25, -0.2) is 4.79 Å². The number of fused-ring (bicyclic) bond motifs is 2. The topological polar surface area (TPSA) is 52.6 Å². The van der Waals surface area contributed by atoms with Crippen LogP contribution >= 0.6 is 11.6 Å². The highest BCUT2D eigenvalue weighted by Crippen LogP contribution is 2.46. The Labute approximate surface area is 188 Å². The van der Waals surface area contributed by atoms with E-state index < -0.39 is 5.97 Å². The maximum absolute atomic E-state index is 12.5. The van der Waals surface area contributed by atoms with Gasteiger partial charge in [0.2, 0.25) is 0 Å². The molecule has 31 heavy (non-hydrogen) atoms. The van der Waals surface area contributed by atoms with E-state index in [1.807, 2.05) is 6.07 Å². The predicted molar refractivity (Wildman–Crippen MR) is 125 cm³/mol. The van der Waals surface area contributed by atoms with Crippen LogP contribution in [-0.4, -0.2) is 11.9 Å². The fourth-order valence-electron chi connectivity index (χ4n) is 4.13. The third kappa shape index (κ3) is 5.37. The van der Waals surface area contributed by atoms with Gasteiger partial charge in [0.15, 0.2) is 0 Å². The molecule has 1 aliphatic carbocycles. The molecular weight excluding hydrogens is 412 g/mol. The molecule has 164 valence electrons. The summed E-state index contributed by atoms with van der Waals surface area (Å²) < 4.78 is 11.5. The lowest BCUT2D eigenvalue weighted by Gasteiger charge is -2.29. The molecule has 0 fully saturated rings. The zero-order valence-corrected chi connectivity index (χ0v) is 19.4. The lowest BCUT2D eigenvalue weighted by Crippen LogP contribution is -2.19. The van der Waals surface area contributed by atoms with E-state index >= 15 is 0 Å². The van der Waals surface area contributed by atoms with Crippen molar-refractivity contribution in [3.8, 4) is 11.5 Å². The molecule has 4 nitrogen and oxygen atoms in total. The average Bonchev–Trinajstić information content (AvgIpc) is 2.69. The molecule has 0 amide bonds. The number of carbonyl (C=O) groups is 2. The van der Waals surface area contributed by atoms with E-state index in [1.54, 1.807) is 19.1 Å². The van der Waals surface area contributed by atoms with Crippen LogP contribution in [0, 0.1) is 5.92 Å². The van der Waals surface area contributed by atoms with Crippen molar-refractivity contribution in [2.24, 2.45) is 5.92 Å². The lowest BCUT2D eigenvalue weighted by atomic mass is 9.79. The summed E-state index contributed by atoms with van der Waals surface area (Å²) in [6, 6.07) is 5.33. The number of ether oxygens (including phenoxy) is 2. The fraction of sp³-hybridized carbons (Fsp3) is 0.385. The maximum atomic E-state index is 12.5. The van der Waals surface area contributed by atoms with Crippen molar-refractivity contribution in [1.82, 2.24) is 0 Å². The van der Waals surface area contributed by atoms with E-state index in [1.165, 1.54) is 12.5 Å². The first-order valence-electron chi connectivity index (χ1n) is 10.6. The van der Waals surface area contributed by atoms with Crippen LogP contribution in [0.25, 0.3) is 10.8 Å². The van der Waals surface area contributed by atoms with E-state index in [2.05, 4.69) is 26.5 Å². The lowest BCUT2D eigenvalue weighted by molar-refractivity contribution is -0.132. The highest BCUT2D eigenvalue weighted by molar-refractivity contribution is 6.31. The Morgan fingerprint density at radius 1 is 1.10 bits per heavy atom. The average molecular weight is 441 g/mol. The first-order chi connectivity index (χ1) is 14.7. The van der Waals surface area contributed by atoms with Crippen LogP contribution in [0.4, 0.5) is 0 Å². The first kappa shape index (κ1) is 23.1. The highest BCUT2D eigenvalue weighted by atomic mass is 35.5. The van der Waals surface area contributed by atoms with Gasteiger partial charge in [0.25, 0.3) is 0 Å². The smallest absolute Gasteiger partial charge is 0.338 e. The SMILES string of the molecule is C=C(C)C(=O)Oc1c2c(c(OC(C)=O)c3cc(Cl)ccc13)CCC(CCC=C(C)C)C2. The van der Waals surface area contributed by atoms with Gasteiger partial charge in [-0.2, -0.15) is 0 Å². The summed E-state index contributed by atoms with van der Waals surface area (Å²) in [6.45, 7) is 10.9. The van der Waals surface area contributed by atoms with Crippen LogP contribution < -0.4 is 9.47 Å². The molecular formula is C26H29ClO4. The van der Waals surface area contributed by atoms with Crippen molar-refractivity contribution in [2.45, 2.75) is 59.8 Å². The summed E-state index contributed by atoms with van der Waals surface area (Å²) in [5.74, 6) is 0.654. The zero-order chi connectivity index (χ0) is 22.7. The minimum absolute atomic E-state index is 0.329. The van der Waals surface area contributed by atoms with E-state index in [9.17, 15) is 9.59 Å². The quantitative estimate of drug-likeness (QED) is 0.216. The van der Waals surface area contributed by atoms with Crippen molar-refractivity contribution in [3.05, 3.63) is 58.1 Å². The second kappa shape index (κ2) is 9.69. The monoisotopic (exact) mass is 440 g/mol. The Hall–Kier alpha value is -2.59. The maximum Gasteiger partial charge on any atom is 0.338 e. The molecule has 2 aromatic rings. The molecule has 0 aliphatic heterocycles. The predicted octanol–water partition coefficient (Wildman–Crippen LogP) is 6.75. The van der Waals surface area contributed by atoms with Gasteiger partial charge in [0.05, 0.1) is 0 Å². The van der Waals surface area contributed by atoms with Gasteiger partial charge in [-0.15, -0.1) is 0 Å². The van der Waals surface area contributed by atoms with Gasteiger partial charge in [-0.3, -0.25) is 4.79 Å². The molecule has 1 atom stereocenters. The molecule has 0 radical (unpaired) electrons. The Kier molecular flexibility index (Phi) is 7.22. The summed E-state index contributed by atoms with van der Waals surface area (Å²) in [5.41, 5.74) is 3.50. The number of allylic oxidation sites excluding steroid dienone is 2. The van der Waals surface area contributed by atoms with Crippen molar-refractivity contribution in [2.75, 3.05) is 0 Å². The Balaban J connectivity index is 2.16. The van der Waals surface area contributed by atoms with Crippen molar-refractivity contribution in [3.63, 3.8) is 0 Å². The van der Waals surface area contributed by atoms with Crippen LogP contribution in [0.15, 0.2) is 42.0 Å². The third-order valence-corrected chi connectivity index (χ3v) is 5.83. The van der Waals surface area contributed by atoms with E-state index in [0.717, 1.165) is 43.2 Å². The van der Waals surface area contributed by atoms with Gasteiger partial charge in [-0.05, 0) is 77.0 Å². The van der Waals surface area contributed by atoms with Crippen LogP contribution in [0.2, 0.25) is 5.02 Å². The van der Waals surface area contributed by atoms with Gasteiger partial charge in [0.1, 0.15) is 11.5 Å². The molecule has 1 unspecified atom stereocenters. The van der Waals surface area contributed by atoms with Gasteiger partial charge < -0.3 is 9.47 Å². The Morgan fingerprint density at radius 3 is 2.45 bits per heavy atom. The third-order valence-electron chi connectivity index (χ3n) is 5.60. The normalized spacial score (nSPS) is 15.2. The molecule has 0 spiro atoms. The number of halogens is 1. The Morgan fingerprint density at radius 2 is 1.81 bits per heavy atom. The minimum atomic E-state index is -0.467. The molecule has 2 aromatic carbocycles. The fourth-order valence-corrected chi connectivity index (χ4v) is 4.30. The molecule has 0 aromatic heterocycles. The van der Waals surface area contributed by atoms with Crippen LogP contribution in [0.1, 0.15) is 58.1 Å². The number of esters is 2. The van der Waals surface area contributed by atoms with Crippen molar-refractivity contribution in [1.29, 1.82) is 0 Å².